The first-order chi connectivity index (χ1) is 6.04. The number of ketones is 1. The van der Waals surface area contributed by atoms with Crippen molar-refractivity contribution in [2.75, 3.05) is 6.61 Å². The van der Waals surface area contributed by atoms with Crippen LogP contribution in [0.2, 0.25) is 0 Å². The van der Waals surface area contributed by atoms with Crippen LogP contribution in [0.3, 0.4) is 0 Å². The first-order valence-electron chi connectivity index (χ1n) is 4.83. The largest absolute Gasteiger partial charge is 0.396 e. The molecule has 13 heavy (non-hydrogen) atoms. The van der Waals surface area contributed by atoms with Crippen molar-refractivity contribution in [3.05, 3.63) is 0 Å². The standard InChI is InChI=1S/C10H20O3/c1-4-9(8(3)12)10(13)7(2)5-6-11/h7,9-11,13H,4-6H2,1-3H3/t7-,9-,10?/m1/s1. The summed E-state index contributed by atoms with van der Waals surface area (Å²) in [4.78, 5) is 11.1. The molecule has 0 aromatic heterocycles. The Kier molecular flexibility index (Phi) is 5.91. The highest BCUT2D eigenvalue weighted by Crippen LogP contribution is 2.19. The van der Waals surface area contributed by atoms with Crippen molar-refractivity contribution in [3.8, 4) is 0 Å². The van der Waals surface area contributed by atoms with E-state index in [0.717, 1.165) is 0 Å². The molecule has 1 unspecified atom stereocenters. The second-order valence-corrected chi connectivity index (χ2v) is 3.61. The van der Waals surface area contributed by atoms with Gasteiger partial charge in [-0.15, -0.1) is 0 Å². The summed E-state index contributed by atoms with van der Waals surface area (Å²) in [5.74, 6) is -0.264. The fourth-order valence-electron chi connectivity index (χ4n) is 1.54. The van der Waals surface area contributed by atoms with Gasteiger partial charge < -0.3 is 10.2 Å². The minimum absolute atomic E-state index is 0.0150. The van der Waals surface area contributed by atoms with E-state index in [1.807, 2.05) is 13.8 Å². The van der Waals surface area contributed by atoms with Crippen molar-refractivity contribution in [1.29, 1.82) is 0 Å². The van der Waals surface area contributed by atoms with Gasteiger partial charge in [-0.1, -0.05) is 13.8 Å². The summed E-state index contributed by atoms with van der Waals surface area (Å²) in [6.07, 6.45) is 0.590. The molecule has 0 amide bonds. The molecule has 0 aromatic carbocycles. The second-order valence-electron chi connectivity index (χ2n) is 3.61. The van der Waals surface area contributed by atoms with Gasteiger partial charge in [0.25, 0.3) is 0 Å². The van der Waals surface area contributed by atoms with Gasteiger partial charge in [0.05, 0.1) is 6.10 Å². The van der Waals surface area contributed by atoms with Crippen LogP contribution in [0.15, 0.2) is 0 Å². The fourth-order valence-corrected chi connectivity index (χ4v) is 1.54. The summed E-state index contributed by atoms with van der Waals surface area (Å²) in [6, 6.07) is 0. The van der Waals surface area contributed by atoms with Gasteiger partial charge in [0, 0.05) is 12.5 Å². The quantitative estimate of drug-likeness (QED) is 0.653. The average molecular weight is 188 g/mol. The molecule has 0 saturated carbocycles. The van der Waals surface area contributed by atoms with E-state index >= 15 is 0 Å². The molecule has 3 nitrogen and oxygen atoms in total. The fraction of sp³-hybridized carbons (Fsp3) is 0.900. The molecule has 2 N–H and O–H groups in total. The van der Waals surface area contributed by atoms with Crippen LogP contribution in [0.4, 0.5) is 0 Å². The molecular weight excluding hydrogens is 168 g/mol. The number of aliphatic hydroxyl groups excluding tert-OH is 2. The topological polar surface area (TPSA) is 57.5 Å². The number of Topliss-reactive ketones (excluding diaryl/α,β-unsaturated/α-hetero) is 1. The lowest BCUT2D eigenvalue weighted by Gasteiger charge is -2.24. The van der Waals surface area contributed by atoms with Gasteiger partial charge in [0.15, 0.2) is 0 Å². The van der Waals surface area contributed by atoms with Crippen LogP contribution in [-0.2, 0) is 4.79 Å². The molecule has 0 aliphatic rings. The Morgan fingerprint density at radius 3 is 2.31 bits per heavy atom. The molecule has 0 aromatic rings. The van der Waals surface area contributed by atoms with Crippen LogP contribution in [0.1, 0.15) is 33.6 Å². The van der Waals surface area contributed by atoms with E-state index in [0.29, 0.717) is 12.8 Å². The number of aliphatic hydroxyl groups is 2. The van der Waals surface area contributed by atoms with Crippen molar-refractivity contribution in [2.24, 2.45) is 11.8 Å². The highest BCUT2D eigenvalue weighted by Gasteiger charge is 2.26. The summed E-state index contributed by atoms with van der Waals surface area (Å²) in [5.41, 5.74) is 0. The smallest absolute Gasteiger partial charge is 0.135 e. The Morgan fingerprint density at radius 2 is 2.00 bits per heavy atom. The average Bonchev–Trinajstić information content (AvgIpc) is 2.05. The minimum Gasteiger partial charge on any atom is -0.396 e. The van der Waals surface area contributed by atoms with Crippen LogP contribution >= 0.6 is 0 Å². The number of carbonyl (C=O) groups is 1. The first-order valence-corrected chi connectivity index (χ1v) is 4.83. The van der Waals surface area contributed by atoms with Crippen LogP contribution in [0.25, 0.3) is 0 Å². The van der Waals surface area contributed by atoms with Crippen molar-refractivity contribution in [1.82, 2.24) is 0 Å². The lowest BCUT2D eigenvalue weighted by atomic mass is 9.86. The van der Waals surface area contributed by atoms with Crippen LogP contribution in [-0.4, -0.2) is 28.7 Å². The van der Waals surface area contributed by atoms with Crippen LogP contribution in [0, 0.1) is 11.8 Å². The van der Waals surface area contributed by atoms with E-state index < -0.39 is 6.10 Å². The molecule has 0 heterocycles. The number of rotatable bonds is 6. The van der Waals surface area contributed by atoms with Crippen molar-refractivity contribution in [3.63, 3.8) is 0 Å². The molecule has 0 saturated heterocycles. The SMILES string of the molecule is CC[C@H](C(C)=O)C(O)[C@H](C)CCO. The van der Waals surface area contributed by atoms with Gasteiger partial charge in [0.2, 0.25) is 0 Å². The Labute approximate surface area is 79.8 Å². The highest BCUT2D eigenvalue weighted by molar-refractivity contribution is 5.78. The van der Waals surface area contributed by atoms with E-state index in [-0.39, 0.29) is 24.2 Å². The predicted molar refractivity (Wildman–Crippen MR) is 51.3 cm³/mol. The van der Waals surface area contributed by atoms with E-state index in [1.54, 1.807) is 0 Å². The Hall–Kier alpha value is -0.410. The summed E-state index contributed by atoms with van der Waals surface area (Å²) >= 11 is 0. The molecule has 0 spiro atoms. The van der Waals surface area contributed by atoms with Gasteiger partial charge in [-0.2, -0.15) is 0 Å². The summed E-state index contributed by atoms with van der Waals surface area (Å²) in [5, 5.41) is 18.4. The van der Waals surface area contributed by atoms with Crippen molar-refractivity contribution < 1.29 is 15.0 Å². The molecule has 0 aliphatic heterocycles. The van der Waals surface area contributed by atoms with Crippen LogP contribution in [0.5, 0.6) is 0 Å². The lowest BCUT2D eigenvalue weighted by Crippen LogP contribution is -2.32. The van der Waals surface area contributed by atoms with E-state index in [1.165, 1.54) is 6.92 Å². The van der Waals surface area contributed by atoms with Crippen molar-refractivity contribution in [2.45, 2.75) is 39.7 Å². The second kappa shape index (κ2) is 6.11. The molecule has 0 fully saturated rings. The van der Waals surface area contributed by atoms with Crippen molar-refractivity contribution >= 4 is 5.78 Å². The molecule has 0 rings (SSSR count). The van der Waals surface area contributed by atoms with Gasteiger partial charge in [0.1, 0.15) is 5.78 Å². The Balaban J connectivity index is 4.18. The lowest BCUT2D eigenvalue weighted by molar-refractivity contribution is -0.125. The zero-order valence-electron chi connectivity index (χ0n) is 8.66. The molecule has 3 atom stereocenters. The number of hydrogen-bond donors (Lipinski definition) is 2. The summed E-state index contributed by atoms with van der Waals surface area (Å²) < 4.78 is 0. The van der Waals surface area contributed by atoms with E-state index in [9.17, 15) is 9.90 Å². The maximum Gasteiger partial charge on any atom is 0.135 e. The van der Waals surface area contributed by atoms with Gasteiger partial charge in [-0.25, -0.2) is 0 Å². The summed E-state index contributed by atoms with van der Waals surface area (Å²) in [7, 11) is 0. The van der Waals surface area contributed by atoms with E-state index in [2.05, 4.69) is 0 Å². The number of hydrogen-bond acceptors (Lipinski definition) is 3. The highest BCUT2D eigenvalue weighted by atomic mass is 16.3. The molecular formula is C10H20O3. The van der Waals surface area contributed by atoms with Gasteiger partial charge >= 0.3 is 0 Å². The Morgan fingerprint density at radius 1 is 1.46 bits per heavy atom. The zero-order valence-corrected chi connectivity index (χ0v) is 8.66. The number of carbonyl (C=O) groups excluding carboxylic acids is 1. The van der Waals surface area contributed by atoms with Gasteiger partial charge in [-0.3, -0.25) is 4.79 Å². The normalized spacial score (nSPS) is 17.9. The maximum atomic E-state index is 11.1. The summed E-state index contributed by atoms with van der Waals surface area (Å²) in [6.45, 7) is 5.31. The molecule has 3 heteroatoms. The third kappa shape index (κ3) is 3.87. The maximum absolute atomic E-state index is 11.1. The Bertz CT molecular complexity index is 156. The zero-order chi connectivity index (χ0) is 10.4. The van der Waals surface area contributed by atoms with Gasteiger partial charge in [-0.05, 0) is 25.7 Å². The molecule has 0 aliphatic carbocycles. The molecule has 78 valence electrons. The monoisotopic (exact) mass is 188 g/mol. The molecule has 0 radical (unpaired) electrons. The molecule has 0 bridgehead atoms. The first kappa shape index (κ1) is 12.6. The minimum atomic E-state index is -0.616. The third-order valence-corrected chi connectivity index (χ3v) is 2.54. The van der Waals surface area contributed by atoms with E-state index in [4.69, 9.17) is 5.11 Å². The predicted octanol–water partition coefficient (Wildman–Crippen LogP) is 0.981. The third-order valence-electron chi connectivity index (χ3n) is 2.54. The van der Waals surface area contributed by atoms with Crippen LogP contribution < -0.4 is 0 Å².